The van der Waals surface area contributed by atoms with E-state index in [1.54, 1.807) is 0 Å². The molecule has 0 aliphatic carbocycles. The van der Waals surface area contributed by atoms with Crippen LogP contribution in [0.2, 0.25) is 5.02 Å². The molecule has 100 valence electrons. The lowest BCUT2D eigenvalue weighted by Gasteiger charge is -2.28. The Balaban J connectivity index is 2.27. The molecular formula is C17H19ClO. The Morgan fingerprint density at radius 3 is 2.11 bits per heavy atom. The van der Waals surface area contributed by atoms with Crippen LogP contribution in [0.1, 0.15) is 23.6 Å². The van der Waals surface area contributed by atoms with E-state index in [0.29, 0.717) is 0 Å². The van der Waals surface area contributed by atoms with Crippen molar-refractivity contribution >= 4 is 11.6 Å². The monoisotopic (exact) mass is 274 g/mol. The number of aliphatic hydroxyl groups excluding tert-OH is 1. The molecule has 1 N–H and O–H groups in total. The zero-order valence-corrected chi connectivity index (χ0v) is 12.1. The zero-order valence-electron chi connectivity index (χ0n) is 11.4. The highest BCUT2D eigenvalue weighted by Crippen LogP contribution is 2.29. The summed E-state index contributed by atoms with van der Waals surface area (Å²) < 4.78 is 0. The molecule has 0 amide bonds. The van der Waals surface area contributed by atoms with Crippen LogP contribution < -0.4 is 0 Å². The van der Waals surface area contributed by atoms with E-state index in [1.165, 1.54) is 11.1 Å². The first-order valence-corrected chi connectivity index (χ1v) is 6.84. The third-order valence-corrected chi connectivity index (χ3v) is 3.86. The second-order valence-electron chi connectivity index (χ2n) is 5.39. The minimum absolute atomic E-state index is 0.114. The van der Waals surface area contributed by atoms with Crippen LogP contribution in [-0.4, -0.2) is 11.7 Å². The number of aryl methyl sites for hydroxylation is 1. The van der Waals surface area contributed by atoms with Crippen molar-refractivity contribution in [2.75, 3.05) is 6.61 Å². The average Bonchev–Trinajstić information content (AvgIpc) is 2.42. The summed E-state index contributed by atoms with van der Waals surface area (Å²) in [5.74, 6) is 0. The fourth-order valence-corrected chi connectivity index (χ4v) is 2.38. The van der Waals surface area contributed by atoms with E-state index in [1.807, 2.05) is 24.3 Å². The molecule has 0 bridgehead atoms. The van der Waals surface area contributed by atoms with Crippen molar-refractivity contribution in [3.63, 3.8) is 0 Å². The van der Waals surface area contributed by atoms with E-state index in [9.17, 15) is 5.11 Å². The minimum Gasteiger partial charge on any atom is -0.395 e. The summed E-state index contributed by atoms with van der Waals surface area (Å²) in [7, 11) is 0. The highest BCUT2D eigenvalue weighted by atomic mass is 35.5. The topological polar surface area (TPSA) is 20.2 Å². The Kier molecular flexibility index (Phi) is 4.28. The molecule has 1 nitrogen and oxygen atoms in total. The van der Waals surface area contributed by atoms with Crippen LogP contribution in [0, 0.1) is 6.92 Å². The van der Waals surface area contributed by atoms with Gasteiger partial charge in [-0.05, 0) is 36.6 Å². The van der Waals surface area contributed by atoms with Crippen LogP contribution in [0.3, 0.4) is 0 Å². The molecule has 0 aliphatic heterocycles. The lowest BCUT2D eigenvalue weighted by Crippen LogP contribution is -2.29. The van der Waals surface area contributed by atoms with Gasteiger partial charge in [-0.3, -0.25) is 0 Å². The van der Waals surface area contributed by atoms with Crippen molar-refractivity contribution in [3.05, 3.63) is 70.2 Å². The molecule has 2 aromatic carbocycles. The molecule has 2 aromatic rings. The van der Waals surface area contributed by atoms with Crippen LogP contribution in [0.4, 0.5) is 0 Å². The van der Waals surface area contributed by atoms with Crippen molar-refractivity contribution in [2.24, 2.45) is 0 Å². The number of aliphatic hydroxyl groups is 1. The Hall–Kier alpha value is -1.31. The van der Waals surface area contributed by atoms with Crippen LogP contribution in [0.25, 0.3) is 0 Å². The summed E-state index contributed by atoms with van der Waals surface area (Å²) in [6.07, 6.45) is 0.811. The number of hydrogen-bond acceptors (Lipinski definition) is 1. The highest BCUT2D eigenvalue weighted by molar-refractivity contribution is 6.30. The van der Waals surface area contributed by atoms with Crippen molar-refractivity contribution < 1.29 is 5.11 Å². The van der Waals surface area contributed by atoms with Gasteiger partial charge in [-0.25, -0.2) is 0 Å². The summed E-state index contributed by atoms with van der Waals surface area (Å²) in [6.45, 7) is 4.27. The molecule has 19 heavy (non-hydrogen) atoms. The standard InChI is InChI=1S/C17H19ClO/c1-13-3-5-14(6-4-13)11-17(2,12-19)15-7-9-16(18)10-8-15/h3-10,19H,11-12H2,1-2H3. The van der Waals surface area contributed by atoms with Gasteiger partial charge >= 0.3 is 0 Å². The zero-order chi connectivity index (χ0) is 13.9. The molecule has 2 rings (SSSR count). The predicted octanol–water partition coefficient (Wildman–Crippen LogP) is 4.14. The molecule has 0 aliphatic rings. The summed E-state index contributed by atoms with van der Waals surface area (Å²) in [5, 5.41) is 10.5. The fraction of sp³-hybridized carbons (Fsp3) is 0.294. The van der Waals surface area contributed by atoms with Crippen LogP contribution in [-0.2, 0) is 11.8 Å². The summed E-state index contributed by atoms with van der Waals surface area (Å²) in [5.41, 5.74) is 3.32. The van der Waals surface area contributed by atoms with Gasteiger partial charge in [-0.15, -0.1) is 0 Å². The first kappa shape index (κ1) is 14.1. The number of benzene rings is 2. The van der Waals surface area contributed by atoms with Gasteiger partial charge in [0.2, 0.25) is 0 Å². The van der Waals surface area contributed by atoms with Crippen LogP contribution in [0.15, 0.2) is 48.5 Å². The number of halogens is 1. The maximum Gasteiger partial charge on any atom is 0.0528 e. The largest absolute Gasteiger partial charge is 0.395 e. The quantitative estimate of drug-likeness (QED) is 0.888. The first-order chi connectivity index (χ1) is 9.03. The molecule has 0 saturated heterocycles. The van der Waals surface area contributed by atoms with E-state index in [4.69, 9.17) is 11.6 Å². The third kappa shape index (κ3) is 3.37. The van der Waals surface area contributed by atoms with Gasteiger partial charge in [0.05, 0.1) is 6.61 Å². The van der Waals surface area contributed by atoms with Gasteiger partial charge in [0.1, 0.15) is 0 Å². The fourth-order valence-electron chi connectivity index (χ4n) is 2.26. The molecule has 0 radical (unpaired) electrons. The predicted molar refractivity (Wildman–Crippen MR) is 80.8 cm³/mol. The summed E-state index contributed by atoms with van der Waals surface area (Å²) in [4.78, 5) is 0. The lowest BCUT2D eigenvalue weighted by atomic mass is 9.78. The van der Waals surface area contributed by atoms with Gasteiger partial charge in [0, 0.05) is 10.4 Å². The second-order valence-corrected chi connectivity index (χ2v) is 5.82. The van der Waals surface area contributed by atoms with Crippen molar-refractivity contribution in [1.82, 2.24) is 0 Å². The highest BCUT2D eigenvalue weighted by Gasteiger charge is 2.26. The van der Waals surface area contributed by atoms with Crippen LogP contribution >= 0.6 is 11.6 Å². The smallest absolute Gasteiger partial charge is 0.0528 e. The van der Waals surface area contributed by atoms with Crippen molar-refractivity contribution in [2.45, 2.75) is 25.7 Å². The van der Waals surface area contributed by atoms with Gasteiger partial charge in [-0.2, -0.15) is 0 Å². The van der Waals surface area contributed by atoms with Crippen molar-refractivity contribution in [3.8, 4) is 0 Å². The van der Waals surface area contributed by atoms with Gasteiger partial charge < -0.3 is 5.11 Å². The maximum absolute atomic E-state index is 9.79. The molecule has 1 atom stereocenters. The SMILES string of the molecule is Cc1ccc(CC(C)(CO)c2ccc(Cl)cc2)cc1. The number of rotatable bonds is 4. The first-order valence-electron chi connectivity index (χ1n) is 6.46. The number of hydrogen-bond donors (Lipinski definition) is 1. The Labute approximate surface area is 119 Å². The van der Waals surface area contributed by atoms with E-state index in [0.717, 1.165) is 17.0 Å². The minimum atomic E-state index is -0.278. The molecule has 0 heterocycles. The van der Waals surface area contributed by atoms with Crippen LogP contribution in [0.5, 0.6) is 0 Å². The molecule has 1 unspecified atom stereocenters. The molecule has 2 heteroatoms. The van der Waals surface area contributed by atoms with Gasteiger partial charge in [-0.1, -0.05) is 60.5 Å². The summed E-state index contributed by atoms with van der Waals surface area (Å²) >= 11 is 5.92. The maximum atomic E-state index is 9.79. The third-order valence-electron chi connectivity index (χ3n) is 3.61. The van der Waals surface area contributed by atoms with E-state index >= 15 is 0 Å². The molecule has 0 saturated carbocycles. The molecule has 0 spiro atoms. The molecular weight excluding hydrogens is 256 g/mol. The Bertz CT molecular complexity index is 530. The van der Waals surface area contributed by atoms with Gasteiger partial charge in [0.15, 0.2) is 0 Å². The lowest BCUT2D eigenvalue weighted by molar-refractivity contribution is 0.204. The average molecular weight is 275 g/mol. The summed E-state index contributed by atoms with van der Waals surface area (Å²) in [6, 6.07) is 16.2. The normalized spacial score (nSPS) is 14.1. The van der Waals surface area contributed by atoms with Gasteiger partial charge in [0.25, 0.3) is 0 Å². The molecule has 0 fully saturated rings. The Morgan fingerprint density at radius 2 is 1.58 bits per heavy atom. The van der Waals surface area contributed by atoms with E-state index in [-0.39, 0.29) is 12.0 Å². The van der Waals surface area contributed by atoms with E-state index in [2.05, 4.69) is 38.1 Å². The van der Waals surface area contributed by atoms with E-state index < -0.39 is 0 Å². The van der Waals surface area contributed by atoms with Crippen molar-refractivity contribution in [1.29, 1.82) is 0 Å². The molecule has 0 aromatic heterocycles. The second kappa shape index (κ2) is 5.77. The Morgan fingerprint density at radius 1 is 1.00 bits per heavy atom.